The summed E-state index contributed by atoms with van der Waals surface area (Å²) >= 11 is 0. The first kappa shape index (κ1) is 11.3. The average molecular weight is 221 g/mol. The second-order valence-electron chi connectivity index (χ2n) is 4.20. The van der Waals surface area contributed by atoms with Crippen molar-refractivity contribution < 1.29 is 9.47 Å². The first-order valence-corrected chi connectivity index (χ1v) is 5.86. The van der Waals surface area contributed by atoms with Gasteiger partial charge in [0.05, 0.1) is 13.7 Å². The first-order chi connectivity index (χ1) is 7.88. The number of methoxy groups -OCH3 is 1. The van der Waals surface area contributed by atoms with E-state index in [0.717, 1.165) is 31.2 Å². The predicted molar refractivity (Wildman–Crippen MR) is 64.1 cm³/mol. The molecule has 1 aliphatic rings. The minimum Gasteiger partial charge on any atom is -0.497 e. The molecule has 0 saturated carbocycles. The summed E-state index contributed by atoms with van der Waals surface area (Å²) in [6.07, 6.45) is 2.53. The van der Waals surface area contributed by atoms with E-state index in [1.165, 1.54) is 12.8 Å². The van der Waals surface area contributed by atoms with Crippen LogP contribution in [0.4, 0.5) is 0 Å². The first-order valence-electron chi connectivity index (χ1n) is 5.86. The van der Waals surface area contributed by atoms with Crippen LogP contribution in [0.1, 0.15) is 12.8 Å². The van der Waals surface area contributed by atoms with Crippen LogP contribution in [0.25, 0.3) is 0 Å². The highest BCUT2D eigenvalue weighted by Crippen LogP contribution is 2.18. The van der Waals surface area contributed by atoms with Gasteiger partial charge in [-0.25, -0.2) is 0 Å². The van der Waals surface area contributed by atoms with E-state index in [1.807, 2.05) is 24.3 Å². The van der Waals surface area contributed by atoms with E-state index < -0.39 is 0 Å². The largest absolute Gasteiger partial charge is 0.497 e. The summed E-state index contributed by atoms with van der Waals surface area (Å²) in [7, 11) is 1.67. The molecular formula is C13H19NO2. The van der Waals surface area contributed by atoms with Crippen LogP contribution in [-0.4, -0.2) is 26.8 Å². The Hall–Kier alpha value is -1.22. The van der Waals surface area contributed by atoms with E-state index in [0.29, 0.717) is 5.92 Å². The third-order valence-corrected chi connectivity index (χ3v) is 2.94. The Morgan fingerprint density at radius 3 is 2.62 bits per heavy atom. The molecule has 1 aromatic rings. The van der Waals surface area contributed by atoms with E-state index in [1.54, 1.807) is 7.11 Å². The van der Waals surface area contributed by atoms with Gasteiger partial charge in [-0.15, -0.1) is 0 Å². The van der Waals surface area contributed by atoms with Gasteiger partial charge in [-0.1, -0.05) is 0 Å². The molecule has 0 aliphatic carbocycles. The van der Waals surface area contributed by atoms with Crippen LogP contribution >= 0.6 is 0 Å². The van der Waals surface area contributed by atoms with Gasteiger partial charge >= 0.3 is 0 Å². The summed E-state index contributed by atoms with van der Waals surface area (Å²) in [5.41, 5.74) is 0. The van der Waals surface area contributed by atoms with Crippen molar-refractivity contribution in [2.75, 3.05) is 26.8 Å². The Morgan fingerprint density at radius 2 is 2.00 bits per heavy atom. The third-order valence-electron chi connectivity index (χ3n) is 2.94. The summed E-state index contributed by atoms with van der Waals surface area (Å²) in [5.74, 6) is 2.44. The van der Waals surface area contributed by atoms with Crippen molar-refractivity contribution >= 4 is 0 Å². The second kappa shape index (κ2) is 5.75. The molecule has 3 heteroatoms. The van der Waals surface area contributed by atoms with Crippen LogP contribution in [0, 0.1) is 5.92 Å². The lowest BCUT2D eigenvalue weighted by Gasteiger charge is -2.22. The van der Waals surface area contributed by atoms with Crippen molar-refractivity contribution in [2.45, 2.75) is 12.8 Å². The molecule has 0 bridgehead atoms. The number of rotatable bonds is 4. The summed E-state index contributed by atoms with van der Waals surface area (Å²) in [4.78, 5) is 0. The van der Waals surface area contributed by atoms with E-state index in [9.17, 15) is 0 Å². The van der Waals surface area contributed by atoms with Crippen molar-refractivity contribution in [3.05, 3.63) is 24.3 Å². The minimum atomic E-state index is 0.649. The molecule has 1 fully saturated rings. The van der Waals surface area contributed by atoms with Gasteiger partial charge in [-0.05, 0) is 43.7 Å². The zero-order valence-corrected chi connectivity index (χ0v) is 9.74. The van der Waals surface area contributed by atoms with Gasteiger partial charge in [0, 0.05) is 12.5 Å². The Morgan fingerprint density at radius 1 is 1.25 bits per heavy atom. The molecule has 1 heterocycles. The standard InChI is InChI=1S/C13H19NO2/c1-15-12-4-6-13(7-5-12)16-10-11-3-2-8-14-9-11/h4-7,11,14H,2-3,8-10H2,1H3. The van der Waals surface area contributed by atoms with Crippen molar-refractivity contribution in [3.63, 3.8) is 0 Å². The lowest BCUT2D eigenvalue weighted by molar-refractivity contribution is 0.218. The Kier molecular flexibility index (Phi) is 4.05. The molecule has 0 radical (unpaired) electrons. The van der Waals surface area contributed by atoms with Crippen molar-refractivity contribution in [2.24, 2.45) is 5.92 Å². The second-order valence-corrected chi connectivity index (χ2v) is 4.20. The van der Waals surface area contributed by atoms with Gasteiger partial charge in [0.15, 0.2) is 0 Å². The van der Waals surface area contributed by atoms with Gasteiger partial charge in [-0.2, -0.15) is 0 Å². The molecule has 0 aromatic heterocycles. The molecule has 1 aliphatic heterocycles. The molecule has 16 heavy (non-hydrogen) atoms. The van der Waals surface area contributed by atoms with Gasteiger partial charge in [0.1, 0.15) is 11.5 Å². The summed E-state index contributed by atoms with van der Waals surface area (Å²) in [6.45, 7) is 3.04. The fraction of sp³-hybridized carbons (Fsp3) is 0.538. The quantitative estimate of drug-likeness (QED) is 0.844. The Bertz CT molecular complexity index is 304. The number of hydrogen-bond donors (Lipinski definition) is 1. The molecule has 0 amide bonds. The topological polar surface area (TPSA) is 30.5 Å². The van der Waals surface area contributed by atoms with E-state index in [-0.39, 0.29) is 0 Å². The van der Waals surface area contributed by atoms with Gasteiger partial charge in [-0.3, -0.25) is 0 Å². The SMILES string of the molecule is COc1ccc(OCC2CCCNC2)cc1. The maximum Gasteiger partial charge on any atom is 0.119 e. The van der Waals surface area contributed by atoms with Crippen LogP contribution in [0.2, 0.25) is 0 Å². The Balaban J connectivity index is 1.79. The molecule has 1 saturated heterocycles. The van der Waals surface area contributed by atoms with Crippen LogP contribution in [0.15, 0.2) is 24.3 Å². The molecule has 88 valence electrons. The van der Waals surface area contributed by atoms with E-state index >= 15 is 0 Å². The maximum absolute atomic E-state index is 5.75. The minimum absolute atomic E-state index is 0.649. The number of nitrogens with one attached hydrogen (secondary N) is 1. The van der Waals surface area contributed by atoms with Gasteiger partial charge in [0.2, 0.25) is 0 Å². The lowest BCUT2D eigenvalue weighted by Crippen LogP contribution is -2.33. The summed E-state index contributed by atoms with van der Waals surface area (Å²) < 4.78 is 10.8. The number of piperidine rings is 1. The zero-order valence-electron chi connectivity index (χ0n) is 9.74. The monoisotopic (exact) mass is 221 g/mol. The fourth-order valence-corrected chi connectivity index (χ4v) is 1.95. The maximum atomic E-state index is 5.75. The molecule has 3 nitrogen and oxygen atoms in total. The van der Waals surface area contributed by atoms with Gasteiger partial charge < -0.3 is 14.8 Å². The fourth-order valence-electron chi connectivity index (χ4n) is 1.95. The van der Waals surface area contributed by atoms with Crippen molar-refractivity contribution in [3.8, 4) is 11.5 Å². The van der Waals surface area contributed by atoms with Crippen LogP contribution in [0.3, 0.4) is 0 Å². The number of ether oxygens (including phenoxy) is 2. The Labute approximate surface area is 96.8 Å². The average Bonchev–Trinajstić information content (AvgIpc) is 2.38. The molecule has 1 unspecified atom stereocenters. The van der Waals surface area contributed by atoms with Crippen molar-refractivity contribution in [1.82, 2.24) is 5.32 Å². The smallest absolute Gasteiger partial charge is 0.119 e. The highest BCUT2D eigenvalue weighted by atomic mass is 16.5. The normalized spacial score (nSPS) is 20.4. The number of hydrogen-bond acceptors (Lipinski definition) is 3. The lowest BCUT2D eigenvalue weighted by atomic mass is 10.0. The summed E-state index contributed by atoms with van der Waals surface area (Å²) in [5, 5.41) is 3.39. The molecule has 1 N–H and O–H groups in total. The highest BCUT2D eigenvalue weighted by Gasteiger charge is 2.13. The van der Waals surface area contributed by atoms with E-state index in [4.69, 9.17) is 9.47 Å². The van der Waals surface area contributed by atoms with Crippen molar-refractivity contribution in [1.29, 1.82) is 0 Å². The molecule has 2 rings (SSSR count). The third kappa shape index (κ3) is 3.14. The number of benzene rings is 1. The molecular weight excluding hydrogens is 202 g/mol. The van der Waals surface area contributed by atoms with Crippen LogP contribution in [-0.2, 0) is 0 Å². The molecule has 1 atom stereocenters. The van der Waals surface area contributed by atoms with Crippen LogP contribution < -0.4 is 14.8 Å². The zero-order chi connectivity index (χ0) is 11.2. The summed E-state index contributed by atoms with van der Waals surface area (Å²) in [6, 6.07) is 7.76. The van der Waals surface area contributed by atoms with Gasteiger partial charge in [0.25, 0.3) is 0 Å². The van der Waals surface area contributed by atoms with Crippen LogP contribution in [0.5, 0.6) is 11.5 Å². The van der Waals surface area contributed by atoms with E-state index in [2.05, 4.69) is 5.32 Å². The molecule has 1 aromatic carbocycles. The predicted octanol–water partition coefficient (Wildman–Crippen LogP) is 2.07. The highest BCUT2D eigenvalue weighted by molar-refractivity contribution is 5.31. The molecule has 0 spiro atoms.